The predicted octanol–water partition coefficient (Wildman–Crippen LogP) is 1.33. The third kappa shape index (κ3) is 6.04. The van der Waals surface area contributed by atoms with E-state index in [1.807, 2.05) is 6.92 Å². The Hall–Kier alpha value is -1.59. The smallest absolute Gasteiger partial charge is 0.251 e. The summed E-state index contributed by atoms with van der Waals surface area (Å²) in [6.07, 6.45) is 1.62. The van der Waals surface area contributed by atoms with Crippen LogP contribution in [0.1, 0.15) is 40.5 Å². The Bertz CT molecular complexity index is 438. The zero-order valence-electron chi connectivity index (χ0n) is 11.6. The third-order valence-electron chi connectivity index (χ3n) is 2.59. The van der Waals surface area contributed by atoms with Crippen LogP contribution in [0.4, 0.5) is 0 Å². The Morgan fingerprint density at radius 1 is 1.10 bits per heavy atom. The van der Waals surface area contributed by atoms with Gasteiger partial charge in [0.1, 0.15) is 0 Å². The summed E-state index contributed by atoms with van der Waals surface area (Å²) in [5.74, 6) is -0.336. The van der Waals surface area contributed by atoms with Crippen LogP contribution in [0.25, 0.3) is 0 Å². The highest BCUT2D eigenvalue weighted by Crippen LogP contribution is 2.05. The molecule has 0 atom stereocenters. The first kappa shape index (κ1) is 18.4. The Balaban J connectivity index is 0.00000361. The number of benzene rings is 1. The van der Waals surface area contributed by atoms with Gasteiger partial charge >= 0.3 is 0 Å². The van der Waals surface area contributed by atoms with Gasteiger partial charge in [-0.2, -0.15) is 0 Å². The van der Waals surface area contributed by atoms with E-state index in [-0.39, 0.29) is 24.2 Å². The Morgan fingerprint density at radius 2 is 1.65 bits per heavy atom. The molecule has 6 heteroatoms. The molecule has 0 bridgehead atoms. The van der Waals surface area contributed by atoms with Gasteiger partial charge < -0.3 is 16.4 Å². The number of nitrogens with one attached hydrogen (secondary N) is 2. The van der Waals surface area contributed by atoms with E-state index in [0.717, 1.165) is 12.8 Å². The first-order valence-electron chi connectivity index (χ1n) is 6.55. The summed E-state index contributed by atoms with van der Waals surface area (Å²) in [5.41, 5.74) is 6.35. The van der Waals surface area contributed by atoms with E-state index >= 15 is 0 Å². The summed E-state index contributed by atoms with van der Waals surface area (Å²) in [5, 5.41) is 5.54. The van der Waals surface area contributed by atoms with Crippen LogP contribution in [-0.4, -0.2) is 31.4 Å². The molecule has 0 aliphatic carbocycles. The molecule has 20 heavy (non-hydrogen) atoms. The van der Waals surface area contributed by atoms with Gasteiger partial charge in [0.05, 0.1) is 0 Å². The highest BCUT2D eigenvalue weighted by molar-refractivity contribution is 5.99. The molecule has 2 amide bonds. The molecule has 0 saturated heterocycles. The highest BCUT2D eigenvalue weighted by Gasteiger charge is 2.09. The van der Waals surface area contributed by atoms with Gasteiger partial charge in [-0.25, -0.2) is 0 Å². The van der Waals surface area contributed by atoms with Gasteiger partial charge in [0.25, 0.3) is 11.8 Å². The monoisotopic (exact) mass is 299 g/mol. The average Bonchev–Trinajstić information content (AvgIpc) is 2.45. The van der Waals surface area contributed by atoms with E-state index in [2.05, 4.69) is 10.6 Å². The largest absolute Gasteiger partial charge is 0.352 e. The van der Waals surface area contributed by atoms with Crippen LogP contribution in [0.5, 0.6) is 0 Å². The van der Waals surface area contributed by atoms with Gasteiger partial charge in [-0.15, -0.1) is 12.4 Å². The van der Waals surface area contributed by atoms with Crippen molar-refractivity contribution in [1.82, 2.24) is 10.6 Å². The van der Waals surface area contributed by atoms with Crippen molar-refractivity contribution >= 4 is 24.2 Å². The van der Waals surface area contributed by atoms with Crippen LogP contribution in [0.15, 0.2) is 24.3 Å². The lowest BCUT2D eigenvalue weighted by atomic mass is 10.1. The van der Waals surface area contributed by atoms with Crippen LogP contribution in [-0.2, 0) is 0 Å². The lowest BCUT2D eigenvalue weighted by Crippen LogP contribution is -2.27. The molecule has 1 rings (SSSR count). The molecule has 0 aromatic heterocycles. The van der Waals surface area contributed by atoms with Crippen molar-refractivity contribution in [3.63, 3.8) is 0 Å². The van der Waals surface area contributed by atoms with E-state index in [9.17, 15) is 9.59 Å². The number of carbonyl (C=O) groups excluding carboxylic acids is 2. The Labute approximate surface area is 125 Å². The molecule has 0 aliphatic heterocycles. The lowest BCUT2D eigenvalue weighted by molar-refractivity contribution is 0.0953. The molecule has 4 N–H and O–H groups in total. The van der Waals surface area contributed by atoms with Gasteiger partial charge in [0.15, 0.2) is 0 Å². The maximum atomic E-state index is 11.8. The van der Waals surface area contributed by atoms with Gasteiger partial charge in [-0.1, -0.05) is 13.0 Å². The molecule has 1 aromatic rings. The van der Waals surface area contributed by atoms with Crippen LogP contribution in [0.2, 0.25) is 0 Å². The first-order valence-corrected chi connectivity index (χ1v) is 6.55. The van der Waals surface area contributed by atoms with Crippen molar-refractivity contribution in [2.45, 2.75) is 19.8 Å². The molecule has 0 unspecified atom stereocenters. The van der Waals surface area contributed by atoms with Crippen molar-refractivity contribution in [3.05, 3.63) is 35.4 Å². The zero-order valence-corrected chi connectivity index (χ0v) is 12.5. The van der Waals surface area contributed by atoms with Gasteiger partial charge in [-0.3, -0.25) is 9.59 Å². The minimum absolute atomic E-state index is 0. The average molecular weight is 300 g/mol. The normalized spacial score (nSPS) is 9.50. The molecule has 0 spiro atoms. The van der Waals surface area contributed by atoms with E-state index < -0.39 is 0 Å². The molecule has 0 heterocycles. The van der Waals surface area contributed by atoms with Crippen molar-refractivity contribution in [2.24, 2.45) is 5.73 Å². The molecule has 0 radical (unpaired) electrons. The molecule has 5 nitrogen and oxygen atoms in total. The summed E-state index contributed by atoms with van der Waals surface area (Å²) in [6.45, 7) is 3.70. The maximum Gasteiger partial charge on any atom is 0.251 e. The van der Waals surface area contributed by atoms with Crippen LogP contribution in [0, 0.1) is 0 Å². The second kappa shape index (κ2) is 10.2. The van der Waals surface area contributed by atoms with Crippen LogP contribution >= 0.6 is 12.4 Å². The number of rotatable bonds is 7. The van der Waals surface area contributed by atoms with Crippen LogP contribution in [0.3, 0.4) is 0 Å². The molecule has 0 aliphatic rings. The lowest BCUT2D eigenvalue weighted by Gasteiger charge is -2.07. The fourth-order valence-corrected chi connectivity index (χ4v) is 1.55. The second-order valence-corrected chi connectivity index (χ2v) is 4.23. The van der Waals surface area contributed by atoms with Gasteiger partial charge in [0, 0.05) is 24.2 Å². The van der Waals surface area contributed by atoms with Crippen molar-refractivity contribution in [1.29, 1.82) is 0 Å². The first-order chi connectivity index (χ1) is 9.19. The number of amides is 2. The quantitative estimate of drug-likeness (QED) is 0.664. The summed E-state index contributed by atoms with van der Waals surface area (Å²) in [6, 6.07) is 6.69. The third-order valence-corrected chi connectivity index (χ3v) is 2.59. The van der Waals surface area contributed by atoms with E-state index in [1.54, 1.807) is 24.3 Å². The fraction of sp³-hybridized carbons (Fsp3) is 0.429. The fourth-order valence-electron chi connectivity index (χ4n) is 1.55. The number of halogens is 1. The molecular weight excluding hydrogens is 278 g/mol. The molecule has 112 valence electrons. The maximum absolute atomic E-state index is 11.8. The molecule has 1 aromatic carbocycles. The summed E-state index contributed by atoms with van der Waals surface area (Å²) >= 11 is 0. The molecule has 0 saturated carbocycles. The highest BCUT2D eigenvalue weighted by atomic mass is 35.5. The number of nitrogens with two attached hydrogens (primary N) is 1. The second-order valence-electron chi connectivity index (χ2n) is 4.23. The van der Waals surface area contributed by atoms with Crippen molar-refractivity contribution < 1.29 is 9.59 Å². The molecular formula is C14H22ClN3O2. The summed E-state index contributed by atoms with van der Waals surface area (Å²) in [7, 11) is 0. The van der Waals surface area contributed by atoms with E-state index in [1.165, 1.54) is 0 Å². The van der Waals surface area contributed by atoms with Gasteiger partial charge in [0.2, 0.25) is 0 Å². The minimum Gasteiger partial charge on any atom is -0.352 e. The minimum atomic E-state index is -0.182. The Kier molecular flexibility index (Phi) is 9.41. The summed E-state index contributed by atoms with van der Waals surface area (Å²) in [4.78, 5) is 23.6. The topological polar surface area (TPSA) is 84.2 Å². The summed E-state index contributed by atoms with van der Waals surface area (Å²) < 4.78 is 0. The predicted molar refractivity (Wildman–Crippen MR) is 82.3 cm³/mol. The van der Waals surface area contributed by atoms with Crippen LogP contribution < -0.4 is 16.4 Å². The Morgan fingerprint density at radius 3 is 2.15 bits per heavy atom. The number of hydrogen-bond acceptors (Lipinski definition) is 3. The SMILES string of the molecule is CCCNC(=O)c1cccc(C(=O)NCCCN)c1.Cl. The van der Waals surface area contributed by atoms with E-state index in [0.29, 0.717) is 30.8 Å². The van der Waals surface area contributed by atoms with Crippen molar-refractivity contribution in [2.75, 3.05) is 19.6 Å². The standard InChI is InChI=1S/C14H21N3O2.ClH/c1-2-8-16-13(18)11-5-3-6-12(10-11)14(19)17-9-4-7-15;/h3,5-6,10H,2,4,7-9,15H2,1H3,(H,16,18)(H,17,19);1H. The van der Waals surface area contributed by atoms with E-state index in [4.69, 9.17) is 5.73 Å². The number of carbonyl (C=O) groups is 2. The van der Waals surface area contributed by atoms with Crippen molar-refractivity contribution in [3.8, 4) is 0 Å². The molecule has 0 fully saturated rings. The number of hydrogen-bond donors (Lipinski definition) is 3. The van der Waals surface area contributed by atoms with Gasteiger partial charge in [-0.05, 0) is 37.6 Å². The zero-order chi connectivity index (χ0) is 14.1.